The van der Waals surface area contributed by atoms with E-state index in [4.69, 9.17) is 11.6 Å². The highest BCUT2D eigenvalue weighted by atomic mass is 35.5. The molecule has 1 amide bonds. The maximum absolute atomic E-state index is 12.6. The lowest BCUT2D eigenvalue weighted by Gasteiger charge is -2.26. The number of nitrogens with one attached hydrogen (secondary N) is 1. The Balaban J connectivity index is 2.20. The Bertz CT molecular complexity index is 580. The monoisotopic (exact) mass is 315 g/mol. The highest BCUT2D eigenvalue weighted by Gasteiger charge is 2.31. The van der Waals surface area contributed by atoms with E-state index >= 15 is 0 Å². The third-order valence-corrected chi connectivity index (χ3v) is 4.33. The van der Waals surface area contributed by atoms with Crippen LogP contribution in [0.1, 0.15) is 43.6 Å². The molecule has 0 radical (unpaired) electrons. The lowest BCUT2D eigenvalue weighted by Crippen LogP contribution is -2.40. The van der Waals surface area contributed by atoms with Gasteiger partial charge in [-0.15, -0.1) is 0 Å². The van der Waals surface area contributed by atoms with Crippen LogP contribution in [0.5, 0.6) is 0 Å². The predicted octanol–water partition coefficient (Wildman–Crippen LogP) is 3.54. The molecule has 1 aliphatic rings. The number of amides is 1. The van der Waals surface area contributed by atoms with Crippen LogP contribution in [0.15, 0.2) is 24.3 Å². The van der Waals surface area contributed by atoms with Crippen LogP contribution >= 0.6 is 11.6 Å². The first-order valence-electron chi connectivity index (χ1n) is 7.50. The number of hydrogen-bond donors (Lipinski definition) is 1. The molecule has 1 unspecified atom stereocenters. The topological polar surface area (TPSA) is 76.7 Å². The molecular weight excluding hydrogens is 298 g/mol. The first-order valence-corrected chi connectivity index (χ1v) is 7.88. The van der Waals surface area contributed by atoms with E-state index < -0.39 is 11.8 Å². The molecule has 5 heteroatoms. The second-order valence-electron chi connectivity index (χ2n) is 5.61. The van der Waals surface area contributed by atoms with Crippen molar-refractivity contribution in [2.45, 2.75) is 44.1 Å². The number of halogens is 1. The van der Waals surface area contributed by atoms with E-state index in [1.807, 2.05) is 12.1 Å². The molecule has 0 heterocycles. The molecule has 1 aliphatic carbocycles. The fourth-order valence-electron chi connectivity index (χ4n) is 2.88. The van der Waals surface area contributed by atoms with Crippen LogP contribution in [0.2, 0.25) is 5.02 Å². The lowest BCUT2D eigenvalue weighted by atomic mass is 9.86. The van der Waals surface area contributed by atoms with Crippen LogP contribution in [0.4, 0.5) is 0 Å². The van der Waals surface area contributed by atoms with Crippen molar-refractivity contribution in [3.8, 4) is 12.1 Å². The van der Waals surface area contributed by atoms with E-state index in [9.17, 15) is 15.3 Å². The van der Waals surface area contributed by atoms with E-state index in [-0.39, 0.29) is 11.9 Å². The van der Waals surface area contributed by atoms with Crippen LogP contribution < -0.4 is 5.32 Å². The minimum atomic E-state index is -1.01. The molecule has 114 valence electrons. The van der Waals surface area contributed by atoms with Gasteiger partial charge in [-0.3, -0.25) is 4.79 Å². The molecule has 1 fully saturated rings. The van der Waals surface area contributed by atoms with Crippen molar-refractivity contribution in [1.82, 2.24) is 5.32 Å². The Labute approximate surface area is 135 Å². The molecule has 22 heavy (non-hydrogen) atoms. The summed E-state index contributed by atoms with van der Waals surface area (Å²) in [4.78, 5) is 12.6. The molecule has 1 N–H and O–H groups in total. The van der Waals surface area contributed by atoms with Gasteiger partial charge >= 0.3 is 0 Å². The number of carbonyl (C=O) groups excluding carboxylic acids is 1. The summed E-state index contributed by atoms with van der Waals surface area (Å²) in [7, 11) is 0. The Morgan fingerprint density at radius 2 is 1.73 bits per heavy atom. The summed E-state index contributed by atoms with van der Waals surface area (Å²) in [5.74, 6) is -2.04. The highest BCUT2D eigenvalue weighted by molar-refractivity contribution is 6.30. The minimum absolute atomic E-state index is 0.147. The van der Waals surface area contributed by atoms with E-state index in [1.54, 1.807) is 24.3 Å². The summed E-state index contributed by atoms with van der Waals surface area (Å²) in [6.45, 7) is 0. The molecule has 0 aliphatic heterocycles. The smallest absolute Gasteiger partial charge is 0.230 e. The predicted molar refractivity (Wildman–Crippen MR) is 83.9 cm³/mol. The molecule has 0 bridgehead atoms. The maximum Gasteiger partial charge on any atom is 0.230 e. The van der Waals surface area contributed by atoms with Gasteiger partial charge in [0.2, 0.25) is 5.91 Å². The van der Waals surface area contributed by atoms with Crippen LogP contribution in [-0.2, 0) is 4.79 Å². The van der Waals surface area contributed by atoms with Gasteiger partial charge in [0.1, 0.15) is 5.92 Å². The molecule has 4 nitrogen and oxygen atoms in total. The van der Waals surface area contributed by atoms with Gasteiger partial charge in [-0.2, -0.15) is 10.5 Å². The van der Waals surface area contributed by atoms with Gasteiger partial charge in [0, 0.05) is 11.1 Å². The fourth-order valence-corrected chi connectivity index (χ4v) is 3.01. The summed E-state index contributed by atoms with van der Waals surface area (Å²) >= 11 is 5.87. The summed E-state index contributed by atoms with van der Waals surface area (Å²) in [5.41, 5.74) is 0.644. The van der Waals surface area contributed by atoms with Crippen molar-refractivity contribution in [2.75, 3.05) is 0 Å². The van der Waals surface area contributed by atoms with Crippen molar-refractivity contribution in [3.05, 3.63) is 34.9 Å². The number of benzene rings is 1. The zero-order valence-electron chi connectivity index (χ0n) is 12.3. The Kier molecular flexibility index (Phi) is 5.81. The highest BCUT2D eigenvalue weighted by Crippen LogP contribution is 2.27. The third-order valence-electron chi connectivity index (χ3n) is 4.07. The van der Waals surface area contributed by atoms with Gasteiger partial charge in [-0.25, -0.2) is 0 Å². The maximum atomic E-state index is 12.6. The average Bonchev–Trinajstić information content (AvgIpc) is 2.54. The van der Waals surface area contributed by atoms with Gasteiger partial charge in [0.25, 0.3) is 0 Å². The molecule has 0 saturated heterocycles. The molecule has 1 aromatic rings. The normalized spacial score (nSPS) is 16.5. The second kappa shape index (κ2) is 7.82. The number of nitriles is 2. The zero-order chi connectivity index (χ0) is 15.9. The van der Waals surface area contributed by atoms with Gasteiger partial charge in [-0.05, 0) is 30.5 Å². The molecule has 1 atom stereocenters. The van der Waals surface area contributed by atoms with Crippen molar-refractivity contribution >= 4 is 17.5 Å². The standard InChI is InChI=1S/C17H18ClN3O/c18-14-8-6-12(7-9-14)16(13(10-19)11-20)17(22)21-15-4-2-1-3-5-15/h6-9,13,15-16H,1-5H2,(H,21,22). The van der Waals surface area contributed by atoms with Crippen LogP contribution in [0.25, 0.3) is 0 Å². The first-order chi connectivity index (χ1) is 10.7. The molecule has 2 rings (SSSR count). The number of nitrogens with zero attached hydrogens (tertiary/aromatic N) is 2. The van der Waals surface area contributed by atoms with Gasteiger partial charge in [0.15, 0.2) is 0 Å². The zero-order valence-corrected chi connectivity index (χ0v) is 13.0. The fraction of sp³-hybridized carbons (Fsp3) is 0.471. The van der Waals surface area contributed by atoms with Crippen molar-refractivity contribution < 1.29 is 4.79 Å². The van der Waals surface area contributed by atoms with Gasteiger partial charge in [-0.1, -0.05) is 43.0 Å². The average molecular weight is 316 g/mol. The van der Waals surface area contributed by atoms with Crippen molar-refractivity contribution in [2.24, 2.45) is 5.92 Å². The van der Waals surface area contributed by atoms with Crippen LogP contribution in [-0.4, -0.2) is 11.9 Å². The first kappa shape index (κ1) is 16.3. The largest absolute Gasteiger partial charge is 0.353 e. The summed E-state index contributed by atoms with van der Waals surface area (Å²) in [6.07, 6.45) is 5.34. The Morgan fingerprint density at radius 3 is 2.27 bits per heavy atom. The number of rotatable bonds is 4. The Hall–Kier alpha value is -2.04. The lowest BCUT2D eigenvalue weighted by molar-refractivity contribution is -0.123. The van der Waals surface area contributed by atoms with E-state index in [1.165, 1.54) is 6.42 Å². The van der Waals surface area contributed by atoms with E-state index in [2.05, 4.69) is 5.32 Å². The van der Waals surface area contributed by atoms with Crippen LogP contribution in [0, 0.1) is 28.6 Å². The molecule has 0 spiro atoms. The van der Waals surface area contributed by atoms with E-state index in [0.29, 0.717) is 10.6 Å². The quantitative estimate of drug-likeness (QED) is 0.923. The summed E-state index contributed by atoms with van der Waals surface area (Å²) in [5, 5.41) is 21.9. The third kappa shape index (κ3) is 4.00. The number of carbonyl (C=O) groups is 1. The summed E-state index contributed by atoms with van der Waals surface area (Å²) in [6, 6.07) is 10.8. The van der Waals surface area contributed by atoms with Gasteiger partial charge < -0.3 is 5.32 Å². The summed E-state index contributed by atoms with van der Waals surface area (Å²) < 4.78 is 0. The molecule has 1 saturated carbocycles. The van der Waals surface area contributed by atoms with Gasteiger partial charge in [0.05, 0.1) is 18.1 Å². The second-order valence-corrected chi connectivity index (χ2v) is 6.05. The van der Waals surface area contributed by atoms with Crippen molar-refractivity contribution in [1.29, 1.82) is 10.5 Å². The molecule has 0 aromatic heterocycles. The Morgan fingerprint density at radius 1 is 1.14 bits per heavy atom. The number of hydrogen-bond acceptors (Lipinski definition) is 3. The van der Waals surface area contributed by atoms with Crippen molar-refractivity contribution in [3.63, 3.8) is 0 Å². The van der Waals surface area contributed by atoms with E-state index in [0.717, 1.165) is 25.7 Å². The molecule has 1 aromatic carbocycles. The SMILES string of the molecule is N#CC(C#N)C(C(=O)NC1CCCCC1)c1ccc(Cl)cc1. The minimum Gasteiger partial charge on any atom is -0.353 e. The molecular formula is C17H18ClN3O. The van der Waals surface area contributed by atoms with Crippen LogP contribution in [0.3, 0.4) is 0 Å².